The maximum Gasteiger partial charge on any atom is 0.416 e. The number of fused-ring (bicyclic) bond motifs is 1. The van der Waals surface area contributed by atoms with Crippen LogP contribution in [0.2, 0.25) is 0 Å². The van der Waals surface area contributed by atoms with Crippen molar-refractivity contribution in [2.24, 2.45) is 4.99 Å². The third-order valence-electron chi connectivity index (χ3n) is 4.48. The number of pyridine rings is 1. The maximum atomic E-state index is 13.1. The van der Waals surface area contributed by atoms with Crippen molar-refractivity contribution in [2.45, 2.75) is 12.4 Å². The van der Waals surface area contributed by atoms with Crippen LogP contribution >= 0.6 is 0 Å². The first kappa shape index (κ1) is 21.4. The summed E-state index contributed by atoms with van der Waals surface area (Å²) in [7, 11) is 0. The van der Waals surface area contributed by atoms with Gasteiger partial charge < -0.3 is 5.32 Å². The Morgan fingerprint density at radius 3 is 2.16 bits per heavy atom. The number of rotatable bonds is 3. The number of aromatic nitrogens is 2. The molecule has 0 saturated carbocycles. The van der Waals surface area contributed by atoms with Crippen LogP contribution in [0.3, 0.4) is 0 Å². The van der Waals surface area contributed by atoms with Gasteiger partial charge in [-0.25, -0.2) is 9.51 Å². The minimum Gasteiger partial charge on any atom is -0.337 e. The first-order valence-corrected chi connectivity index (χ1v) is 9.25. The number of nitrogens with one attached hydrogen (secondary N) is 1. The summed E-state index contributed by atoms with van der Waals surface area (Å²) in [6.07, 6.45) is -7.45. The molecular weight excluding hydrogens is 434 g/mol. The third kappa shape index (κ3) is 4.74. The SMILES string of the molecule is FC(F)(F)c1cccc(N=c2cc3ccccn3nc2Nc2cccc(C(F)(F)F)c2)c1. The fourth-order valence-electron chi connectivity index (χ4n) is 3.00. The minimum absolute atomic E-state index is 0.0222. The van der Waals surface area contributed by atoms with Crippen LogP contribution in [-0.2, 0) is 12.4 Å². The van der Waals surface area contributed by atoms with E-state index < -0.39 is 23.5 Å². The summed E-state index contributed by atoms with van der Waals surface area (Å²) in [6.45, 7) is 0. The van der Waals surface area contributed by atoms with E-state index in [0.717, 1.165) is 24.3 Å². The summed E-state index contributed by atoms with van der Waals surface area (Å²) >= 11 is 0. The van der Waals surface area contributed by atoms with Gasteiger partial charge in [0.05, 0.1) is 22.3 Å². The second-order valence-corrected chi connectivity index (χ2v) is 6.81. The monoisotopic (exact) mass is 448 g/mol. The fourth-order valence-corrected chi connectivity index (χ4v) is 3.00. The van der Waals surface area contributed by atoms with E-state index in [1.807, 2.05) is 0 Å². The molecule has 0 bridgehead atoms. The van der Waals surface area contributed by atoms with Crippen LogP contribution in [-0.4, -0.2) is 9.61 Å². The van der Waals surface area contributed by atoms with E-state index in [1.165, 1.54) is 28.8 Å². The van der Waals surface area contributed by atoms with Gasteiger partial charge in [-0.15, -0.1) is 5.10 Å². The second-order valence-electron chi connectivity index (χ2n) is 6.81. The highest BCUT2D eigenvalue weighted by atomic mass is 19.4. The molecule has 0 radical (unpaired) electrons. The number of nitrogens with zero attached hydrogens (tertiary/aromatic N) is 3. The summed E-state index contributed by atoms with van der Waals surface area (Å²) in [5.74, 6) is 0.0745. The molecule has 2 aromatic carbocycles. The summed E-state index contributed by atoms with van der Waals surface area (Å²) in [6, 6.07) is 15.7. The van der Waals surface area contributed by atoms with Gasteiger partial charge in [-0.3, -0.25) is 0 Å². The molecule has 4 nitrogen and oxygen atoms in total. The lowest BCUT2D eigenvalue weighted by molar-refractivity contribution is -0.138. The van der Waals surface area contributed by atoms with E-state index in [2.05, 4.69) is 15.4 Å². The maximum absolute atomic E-state index is 13.1. The lowest BCUT2D eigenvalue weighted by atomic mass is 10.2. The van der Waals surface area contributed by atoms with Gasteiger partial charge >= 0.3 is 12.4 Å². The van der Waals surface area contributed by atoms with Crippen LogP contribution < -0.4 is 10.7 Å². The van der Waals surface area contributed by atoms with Crippen molar-refractivity contribution in [3.8, 4) is 0 Å². The zero-order chi connectivity index (χ0) is 22.9. The Balaban J connectivity index is 1.84. The van der Waals surface area contributed by atoms with Crippen LogP contribution in [0.1, 0.15) is 11.1 Å². The van der Waals surface area contributed by atoms with Crippen molar-refractivity contribution in [3.63, 3.8) is 0 Å². The molecule has 164 valence electrons. The summed E-state index contributed by atoms with van der Waals surface area (Å²) in [4.78, 5) is 4.27. The Morgan fingerprint density at radius 1 is 0.750 bits per heavy atom. The lowest BCUT2D eigenvalue weighted by Gasteiger charge is -2.12. The van der Waals surface area contributed by atoms with Crippen LogP contribution in [0.5, 0.6) is 0 Å². The van der Waals surface area contributed by atoms with Crippen molar-refractivity contribution in [1.29, 1.82) is 0 Å². The van der Waals surface area contributed by atoms with Crippen molar-refractivity contribution in [1.82, 2.24) is 9.61 Å². The highest BCUT2D eigenvalue weighted by Gasteiger charge is 2.31. The zero-order valence-electron chi connectivity index (χ0n) is 16.1. The van der Waals surface area contributed by atoms with Gasteiger partial charge in [0.25, 0.3) is 0 Å². The molecule has 10 heteroatoms. The fraction of sp³-hybridized carbons (Fsp3) is 0.0909. The molecule has 0 aliphatic carbocycles. The number of benzene rings is 2. The second kappa shape index (κ2) is 8.03. The van der Waals surface area contributed by atoms with Crippen LogP contribution in [0, 0.1) is 0 Å². The summed E-state index contributed by atoms with van der Waals surface area (Å²) < 4.78 is 79.8. The normalized spacial score (nSPS) is 12.9. The number of hydrogen-bond donors (Lipinski definition) is 1. The first-order valence-electron chi connectivity index (χ1n) is 9.25. The molecule has 4 aromatic rings. The van der Waals surface area contributed by atoms with E-state index in [9.17, 15) is 26.3 Å². The molecule has 2 heterocycles. The molecule has 4 rings (SSSR count). The Bertz CT molecular complexity index is 1340. The quantitative estimate of drug-likeness (QED) is 0.371. The Morgan fingerprint density at radius 2 is 1.44 bits per heavy atom. The number of anilines is 2. The standard InChI is InChI=1S/C22H14F6N4/c23-21(24,25)14-5-3-7-16(11-14)29-19-13-18-9-1-2-10-32(18)31-20(19)30-17-8-4-6-15(12-17)22(26,27)28/h1-13H,(H,30,31). The minimum atomic E-state index is -4.54. The summed E-state index contributed by atoms with van der Waals surface area (Å²) in [5.41, 5.74) is -1.01. The predicted octanol–water partition coefficient (Wildman–Crippen LogP) is 6.35. The van der Waals surface area contributed by atoms with Crippen molar-refractivity contribution in [2.75, 3.05) is 5.32 Å². The van der Waals surface area contributed by atoms with Gasteiger partial charge in [0.2, 0.25) is 0 Å². The van der Waals surface area contributed by atoms with Gasteiger partial charge in [-0.05, 0) is 54.6 Å². The number of alkyl halides is 6. The lowest BCUT2D eigenvalue weighted by Crippen LogP contribution is -2.15. The van der Waals surface area contributed by atoms with Crippen LogP contribution in [0.15, 0.2) is 84.0 Å². The van der Waals surface area contributed by atoms with Crippen molar-refractivity contribution < 1.29 is 26.3 Å². The van der Waals surface area contributed by atoms with E-state index in [4.69, 9.17) is 0 Å². The summed E-state index contributed by atoms with van der Waals surface area (Å²) in [5, 5.41) is 7.29. The van der Waals surface area contributed by atoms with Crippen LogP contribution in [0.4, 0.5) is 43.5 Å². The number of hydrogen-bond acceptors (Lipinski definition) is 3. The van der Waals surface area contributed by atoms with Gasteiger partial charge in [0.1, 0.15) is 5.36 Å². The van der Waals surface area contributed by atoms with Gasteiger partial charge in [-0.1, -0.05) is 18.2 Å². The molecule has 0 spiro atoms. The molecule has 0 fully saturated rings. The average molecular weight is 448 g/mol. The number of halogens is 6. The first-order chi connectivity index (χ1) is 15.1. The largest absolute Gasteiger partial charge is 0.416 e. The molecule has 32 heavy (non-hydrogen) atoms. The Hall–Kier alpha value is -3.82. The van der Waals surface area contributed by atoms with Gasteiger partial charge in [-0.2, -0.15) is 26.3 Å². The molecule has 0 aliphatic rings. The third-order valence-corrected chi connectivity index (χ3v) is 4.48. The van der Waals surface area contributed by atoms with E-state index in [1.54, 1.807) is 30.5 Å². The van der Waals surface area contributed by atoms with Crippen molar-refractivity contribution >= 4 is 22.7 Å². The predicted molar refractivity (Wildman–Crippen MR) is 107 cm³/mol. The Kier molecular flexibility index (Phi) is 5.37. The molecule has 2 aromatic heterocycles. The van der Waals surface area contributed by atoms with E-state index in [-0.39, 0.29) is 22.5 Å². The van der Waals surface area contributed by atoms with Gasteiger partial charge in [0, 0.05) is 11.9 Å². The van der Waals surface area contributed by atoms with Gasteiger partial charge in [0.15, 0.2) is 5.82 Å². The molecule has 0 unspecified atom stereocenters. The topological polar surface area (TPSA) is 41.7 Å². The van der Waals surface area contributed by atoms with Crippen LogP contribution in [0.25, 0.3) is 5.52 Å². The van der Waals surface area contributed by atoms with E-state index >= 15 is 0 Å². The molecule has 1 N–H and O–H groups in total. The van der Waals surface area contributed by atoms with Crippen molar-refractivity contribution in [3.05, 3.63) is 95.5 Å². The smallest absolute Gasteiger partial charge is 0.337 e. The highest BCUT2D eigenvalue weighted by molar-refractivity contribution is 5.59. The molecule has 0 amide bonds. The molecular formula is C22H14F6N4. The average Bonchev–Trinajstić information content (AvgIpc) is 2.73. The molecule has 0 atom stereocenters. The van der Waals surface area contributed by atoms with E-state index in [0.29, 0.717) is 5.52 Å². The molecule has 0 saturated heterocycles. The Labute approximate surface area is 177 Å². The highest BCUT2D eigenvalue weighted by Crippen LogP contribution is 2.32. The zero-order valence-corrected chi connectivity index (χ0v) is 16.1. The molecule has 0 aliphatic heterocycles.